The summed E-state index contributed by atoms with van der Waals surface area (Å²) >= 11 is 1.29. The third-order valence-electron chi connectivity index (χ3n) is 3.18. The molecule has 0 saturated carbocycles. The number of amides is 3. The van der Waals surface area contributed by atoms with Crippen LogP contribution in [0.2, 0.25) is 0 Å². The number of benzene rings is 2. The number of aromatic nitrogens is 1. The molecule has 0 atom stereocenters. The Labute approximate surface area is 142 Å². The van der Waals surface area contributed by atoms with E-state index in [1.807, 2.05) is 35.7 Å². The molecule has 1 aromatic heterocycles. The lowest BCUT2D eigenvalue weighted by Crippen LogP contribution is -2.19. The smallest absolute Gasteiger partial charge is 0.316 e. The van der Waals surface area contributed by atoms with E-state index in [2.05, 4.69) is 15.6 Å². The standard InChI is InChI=1S/C17H14N4O2S/c18-17(23)20-13-8-6-12(7-9-13)19-15(22)16-21-14(10-24-16)11-4-2-1-3-5-11/h1-10H,(H,19,22)(H3,18,20,23). The first-order chi connectivity index (χ1) is 11.6. The summed E-state index contributed by atoms with van der Waals surface area (Å²) in [7, 11) is 0. The molecule has 3 aromatic rings. The Morgan fingerprint density at radius 2 is 1.54 bits per heavy atom. The van der Waals surface area contributed by atoms with Crippen molar-refractivity contribution in [1.29, 1.82) is 0 Å². The van der Waals surface area contributed by atoms with Gasteiger partial charge in [0.05, 0.1) is 5.69 Å². The molecule has 0 unspecified atom stereocenters. The van der Waals surface area contributed by atoms with Crippen LogP contribution >= 0.6 is 11.3 Å². The van der Waals surface area contributed by atoms with E-state index >= 15 is 0 Å². The van der Waals surface area contributed by atoms with Crippen LogP contribution in [0.5, 0.6) is 0 Å². The molecular formula is C17H14N4O2S. The van der Waals surface area contributed by atoms with E-state index in [4.69, 9.17) is 5.73 Å². The number of primary amides is 1. The molecule has 4 N–H and O–H groups in total. The largest absolute Gasteiger partial charge is 0.351 e. The number of rotatable bonds is 4. The summed E-state index contributed by atoms with van der Waals surface area (Å²) in [6.07, 6.45) is 0. The first-order valence-corrected chi connectivity index (χ1v) is 7.98. The van der Waals surface area contributed by atoms with Crippen LogP contribution in [-0.2, 0) is 0 Å². The van der Waals surface area contributed by atoms with Crippen molar-refractivity contribution < 1.29 is 9.59 Å². The van der Waals surface area contributed by atoms with Gasteiger partial charge < -0.3 is 16.4 Å². The van der Waals surface area contributed by atoms with E-state index in [0.717, 1.165) is 11.3 Å². The van der Waals surface area contributed by atoms with Crippen molar-refractivity contribution in [3.05, 3.63) is 65.0 Å². The Bertz CT molecular complexity index is 860. The van der Waals surface area contributed by atoms with E-state index in [1.165, 1.54) is 11.3 Å². The van der Waals surface area contributed by atoms with Gasteiger partial charge in [0.25, 0.3) is 5.91 Å². The predicted molar refractivity (Wildman–Crippen MR) is 95.2 cm³/mol. The van der Waals surface area contributed by atoms with Crippen molar-refractivity contribution in [2.75, 3.05) is 10.6 Å². The first-order valence-electron chi connectivity index (χ1n) is 7.10. The van der Waals surface area contributed by atoms with Gasteiger partial charge in [0.2, 0.25) is 0 Å². The van der Waals surface area contributed by atoms with Gasteiger partial charge in [-0.3, -0.25) is 4.79 Å². The van der Waals surface area contributed by atoms with E-state index in [-0.39, 0.29) is 5.91 Å². The summed E-state index contributed by atoms with van der Waals surface area (Å²) in [5.74, 6) is -0.280. The van der Waals surface area contributed by atoms with Gasteiger partial charge in [-0.15, -0.1) is 11.3 Å². The third-order valence-corrected chi connectivity index (χ3v) is 4.02. The van der Waals surface area contributed by atoms with Gasteiger partial charge >= 0.3 is 6.03 Å². The predicted octanol–water partition coefficient (Wildman–Crippen LogP) is 3.55. The zero-order chi connectivity index (χ0) is 16.9. The monoisotopic (exact) mass is 338 g/mol. The second-order valence-electron chi connectivity index (χ2n) is 4.92. The minimum absolute atomic E-state index is 0.280. The van der Waals surface area contributed by atoms with Crippen LogP contribution in [0.4, 0.5) is 16.2 Å². The van der Waals surface area contributed by atoms with Crippen molar-refractivity contribution in [1.82, 2.24) is 4.98 Å². The maximum Gasteiger partial charge on any atom is 0.316 e. The molecule has 0 aliphatic carbocycles. The van der Waals surface area contributed by atoms with Crippen molar-refractivity contribution >= 4 is 34.6 Å². The number of carbonyl (C=O) groups is 2. The Morgan fingerprint density at radius 1 is 0.917 bits per heavy atom. The zero-order valence-corrected chi connectivity index (χ0v) is 13.3. The summed E-state index contributed by atoms with van der Waals surface area (Å²) < 4.78 is 0. The second kappa shape index (κ2) is 6.93. The molecule has 0 aliphatic rings. The fraction of sp³-hybridized carbons (Fsp3) is 0. The molecule has 0 radical (unpaired) electrons. The Hall–Kier alpha value is -3.19. The average Bonchev–Trinajstić information content (AvgIpc) is 3.07. The number of nitrogens with one attached hydrogen (secondary N) is 2. The van der Waals surface area contributed by atoms with Crippen molar-refractivity contribution in [2.24, 2.45) is 5.73 Å². The summed E-state index contributed by atoms with van der Waals surface area (Å²) in [6, 6.07) is 15.7. The highest BCUT2D eigenvalue weighted by atomic mass is 32.1. The molecular weight excluding hydrogens is 324 g/mol. The zero-order valence-electron chi connectivity index (χ0n) is 12.5. The fourth-order valence-corrected chi connectivity index (χ4v) is 2.80. The minimum atomic E-state index is -0.636. The Morgan fingerprint density at radius 3 is 2.17 bits per heavy atom. The summed E-state index contributed by atoms with van der Waals surface area (Å²) in [5, 5.41) is 7.46. The van der Waals surface area contributed by atoms with Gasteiger partial charge in [-0.25, -0.2) is 9.78 Å². The number of thiazole rings is 1. The average molecular weight is 338 g/mol. The van der Waals surface area contributed by atoms with Crippen LogP contribution in [0, 0.1) is 0 Å². The Kier molecular flexibility index (Phi) is 4.53. The van der Waals surface area contributed by atoms with E-state index < -0.39 is 6.03 Å². The highest BCUT2D eigenvalue weighted by Crippen LogP contribution is 2.22. The van der Waals surface area contributed by atoms with Crippen LogP contribution in [0.25, 0.3) is 11.3 Å². The van der Waals surface area contributed by atoms with Gasteiger partial charge in [0.1, 0.15) is 0 Å². The number of hydrogen-bond acceptors (Lipinski definition) is 4. The van der Waals surface area contributed by atoms with E-state index in [9.17, 15) is 9.59 Å². The van der Waals surface area contributed by atoms with Crippen LogP contribution < -0.4 is 16.4 Å². The molecule has 0 spiro atoms. The number of carbonyl (C=O) groups excluding carboxylic acids is 2. The molecule has 24 heavy (non-hydrogen) atoms. The molecule has 1 heterocycles. The van der Waals surface area contributed by atoms with Crippen molar-refractivity contribution in [2.45, 2.75) is 0 Å². The number of anilines is 2. The number of nitrogens with zero attached hydrogens (tertiary/aromatic N) is 1. The minimum Gasteiger partial charge on any atom is -0.351 e. The van der Waals surface area contributed by atoms with Gasteiger partial charge in [0, 0.05) is 22.3 Å². The van der Waals surface area contributed by atoms with Gasteiger partial charge in [0.15, 0.2) is 5.01 Å². The molecule has 2 aromatic carbocycles. The van der Waals surface area contributed by atoms with Crippen LogP contribution in [0.1, 0.15) is 9.80 Å². The lowest BCUT2D eigenvalue weighted by Gasteiger charge is -2.05. The maximum absolute atomic E-state index is 12.3. The number of hydrogen-bond donors (Lipinski definition) is 3. The van der Waals surface area contributed by atoms with E-state index in [0.29, 0.717) is 16.4 Å². The highest BCUT2D eigenvalue weighted by Gasteiger charge is 2.12. The van der Waals surface area contributed by atoms with Gasteiger partial charge in [-0.1, -0.05) is 30.3 Å². The van der Waals surface area contributed by atoms with Crippen LogP contribution in [0.15, 0.2) is 60.0 Å². The van der Waals surface area contributed by atoms with Crippen LogP contribution in [-0.4, -0.2) is 16.9 Å². The molecule has 7 heteroatoms. The molecule has 0 aliphatic heterocycles. The van der Waals surface area contributed by atoms with Crippen molar-refractivity contribution in [3.63, 3.8) is 0 Å². The van der Waals surface area contributed by atoms with Gasteiger partial charge in [-0.2, -0.15) is 0 Å². The van der Waals surface area contributed by atoms with Crippen molar-refractivity contribution in [3.8, 4) is 11.3 Å². The summed E-state index contributed by atoms with van der Waals surface area (Å²) in [6.45, 7) is 0. The molecule has 3 rings (SSSR count). The number of nitrogens with two attached hydrogens (primary N) is 1. The molecule has 120 valence electrons. The summed E-state index contributed by atoms with van der Waals surface area (Å²) in [5.41, 5.74) is 7.94. The van der Waals surface area contributed by atoms with Crippen LogP contribution in [0.3, 0.4) is 0 Å². The normalized spacial score (nSPS) is 10.2. The molecule has 0 saturated heterocycles. The molecule has 6 nitrogen and oxygen atoms in total. The Balaban J connectivity index is 1.69. The number of urea groups is 1. The highest BCUT2D eigenvalue weighted by molar-refractivity contribution is 7.12. The quantitative estimate of drug-likeness (QED) is 0.678. The molecule has 0 fully saturated rings. The lowest BCUT2D eigenvalue weighted by molar-refractivity contribution is 0.102. The first kappa shape index (κ1) is 15.7. The summed E-state index contributed by atoms with van der Waals surface area (Å²) in [4.78, 5) is 27.4. The fourth-order valence-electron chi connectivity index (χ4n) is 2.08. The third kappa shape index (κ3) is 3.76. The molecule has 0 bridgehead atoms. The SMILES string of the molecule is NC(=O)Nc1ccc(NC(=O)c2nc(-c3ccccc3)cs2)cc1. The van der Waals surface area contributed by atoms with E-state index in [1.54, 1.807) is 24.3 Å². The van der Waals surface area contributed by atoms with Gasteiger partial charge in [-0.05, 0) is 24.3 Å². The topological polar surface area (TPSA) is 97.1 Å². The molecule has 3 amide bonds. The lowest BCUT2D eigenvalue weighted by atomic mass is 10.2. The second-order valence-corrected chi connectivity index (χ2v) is 5.78. The maximum atomic E-state index is 12.3.